The van der Waals surface area contributed by atoms with Crippen molar-refractivity contribution in [2.24, 2.45) is 0 Å². The number of aryl methyl sites for hydroxylation is 1. The second-order valence-electron chi connectivity index (χ2n) is 6.36. The molecule has 0 fully saturated rings. The number of rotatable bonds is 16. The molecule has 0 aliphatic rings. The summed E-state index contributed by atoms with van der Waals surface area (Å²) in [5.41, 5.74) is 1.96. The van der Waals surface area contributed by atoms with Crippen molar-refractivity contribution in [3.8, 4) is 0 Å². The van der Waals surface area contributed by atoms with Gasteiger partial charge in [-0.05, 0) is 30.5 Å². The first-order valence-electron chi connectivity index (χ1n) is 10.0. The van der Waals surface area contributed by atoms with Gasteiger partial charge in [0.1, 0.15) is 0 Å². The van der Waals surface area contributed by atoms with Crippen LogP contribution in [0.5, 0.6) is 0 Å². The highest BCUT2D eigenvalue weighted by Crippen LogP contribution is 2.10. The maximum Gasteiger partial charge on any atom is 0.243 e. The van der Waals surface area contributed by atoms with E-state index >= 15 is 0 Å². The van der Waals surface area contributed by atoms with E-state index in [0.717, 1.165) is 31.6 Å². The summed E-state index contributed by atoms with van der Waals surface area (Å²) in [4.78, 5) is 23.6. The predicted molar refractivity (Wildman–Crippen MR) is 109 cm³/mol. The lowest BCUT2D eigenvalue weighted by atomic mass is 10.1. The van der Waals surface area contributed by atoms with Crippen LogP contribution in [0.1, 0.15) is 38.7 Å². The first-order valence-corrected chi connectivity index (χ1v) is 10.0. The smallest absolute Gasteiger partial charge is 0.243 e. The molecule has 0 unspecified atom stereocenters. The average Bonchev–Trinajstić information content (AvgIpc) is 2.69. The van der Waals surface area contributed by atoms with Crippen molar-refractivity contribution in [1.82, 2.24) is 5.32 Å². The van der Waals surface area contributed by atoms with Crippen molar-refractivity contribution in [1.29, 1.82) is 0 Å². The Balaban J connectivity index is 2.01. The largest absolute Gasteiger partial charge is 0.379 e. The minimum atomic E-state index is -0.254. The molecule has 1 aromatic carbocycles. The summed E-state index contributed by atoms with van der Waals surface area (Å²) in [6, 6.07) is 7.74. The summed E-state index contributed by atoms with van der Waals surface area (Å²) < 4.78 is 16.0. The van der Waals surface area contributed by atoms with E-state index in [9.17, 15) is 9.59 Å². The van der Waals surface area contributed by atoms with Crippen molar-refractivity contribution in [2.75, 3.05) is 51.5 Å². The number of benzene rings is 1. The highest BCUT2D eigenvalue weighted by Gasteiger charge is 2.06. The molecule has 0 aliphatic carbocycles. The topological polar surface area (TPSA) is 85.9 Å². The first-order chi connectivity index (χ1) is 13.7. The highest BCUT2D eigenvalue weighted by molar-refractivity contribution is 5.94. The molecule has 0 saturated heterocycles. The van der Waals surface area contributed by atoms with E-state index in [4.69, 9.17) is 14.2 Å². The molecule has 0 aliphatic heterocycles. The van der Waals surface area contributed by atoms with Gasteiger partial charge < -0.3 is 24.8 Å². The van der Waals surface area contributed by atoms with Crippen molar-refractivity contribution in [2.45, 2.75) is 39.5 Å². The molecule has 7 nitrogen and oxygen atoms in total. The number of anilines is 1. The number of carbonyl (C=O) groups is 2. The van der Waals surface area contributed by atoms with Gasteiger partial charge in [0.2, 0.25) is 11.8 Å². The van der Waals surface area contributed by atoms with Gasteiger partial charge in [0, 0.05) is 18.7 Å². The second-order valence-corrected chi connectivity index (χ2v) is 6.36. The van der Waals surface area contributed by atoms with Crippen LogP contribution >= 0.6 is 0 Å². The fourth-order valence-corrected chi connectivity index (χ4v) is 2.37. The standard InChI is InChI=1S/C21H34N2O5/c1-3-5-18-6-8-19(9-7-18)23-21(25)17-22-20(24)10-12-27-14-16-28-15-13-26-11-4-2/h6-9H,3-5,10-17H2,1-2H3,(H,22,24)(H,23,25). The molecule has 0 radical (unpaired) electrons. The van der Waals surface area contributed by atoms with Crippen LogP contribution in [0.4, 0.5) is 5.69 Å². The fourth-order valence-electron chi connectivity index (χ4n) is 2.37. The zero-order valence-electron chi connectivity index (χ0n) is 17.1. The minimum absolute atomic E-state index is 0.0591. The Labute approximate surface area is 168 Å². The molecule has 0 atom stereocenters. The van der Waals surface area contributed by atoms with E-state index in [1.54, 1.807) is 0 Å². The predicted octanol–water partition coefficient (Wildman–Crippen LogP) is 2.54. The zero-order valence-corrected chi connectivity index (χ0v) is 17.1. The lowest BCUT2D eigenvalue weighted by Gasteiger charge is -2.08. The summed E-state index contributed by atoms with van der Waals surface area (Å²) >= 11 is 0. The fraction of sp³-hybridized carbons (Fsp3) is 0.619. The van der Waals surface area contributed by atoms with E-state index in [1.807, 2.05) is 24.3 Å². The average molecular weight is 395 g/mol. The summed E-state index contributed by atoms with van der Waals surface area (Å²) in [6.45, 7) is 7.19. The van der Waals surface area contributed by atoms with Gasteiger partial charge in [0.15, 0.2) is 0 Å². The number of carbonyl (C=O) groups excluding carboxylic acids is 2. The lowest BCUT2D eigenvalue weighted by molar-refractivity contribution is -0.125. The summed E-state index contributed by atoms with van der Waals surface area (Å²) in [5, 5.41) is 5.35. The molecule has 158 valence electrons. The monoisotopic (exact) mass is 394 g/mol. The molecule has 1 rings (SSSR count). The van der Waals surface area contributed by atoms with E-state index in [1.165, 1.54) is 5.56 Å². The van der Waals surface area contributed by atoms with E-state index in [-0.39, 0.29) is 24.8 Å². The van der Waals surface area contributed by atoms with Gasteiger partial charge in [-0.15, -0.1) is 0 Å². The molecule has 0 bridgehead atoms. The van der Waals surface area contributed by atoms with Crippen molar-refractivity contribution >= 4 is 17.5 Å². The van der Waals surface area contributed by atoms with Crippen LogP contribution in [-0.4, -0.2) is 58.0 Å². The highest BCUT2D eigenvalue weighted by atomic mass is 16.5. The number of amides is 2. The van der Waals surface area contributed by atoms with Gasteiger partial charge in [-0.2, -0.15) is 0 Å². The molecule has 28 heavy (non-hydrogen) atoms. The molecule has 7 heteroatoms. The first kappa shape index (κ1) is 24.1. The summed E-state index contributed by atoms with van der Waals surface area (Å²) in [6.07, 6.45) is 3.31. The third-order valence-electron chi connectivity index (χ3n) is 3.79. The van der Waals surface area contributed by atoms with Crippen LogP contribution in [0.2, 0.25) is 0 Å². The molecular weight excluding hydrogens is 360 g/mol. The quantitative estimate of drug-likeness (QED) is 0.421. The van der Waals surface area contributed by atoms with Gasteiger partial charge >= 0.3 is 0 Å². The van der Waals surface area contributed by atoms with E-state index in [2.05, 4.69) is 24.5 Å². The van der Waals surface area contributed by atoms with Crippen molar-refractivity contribution < 1.29 is 23.8 Å². The molecule has 0 heterocycles. The van der Waals surface area contributed by atoms with Gasteiger partial charge in [-0.25, -0.2) is 0 Å². The third kappa shape index (κ3) is 12.4. The Morgan fingerprint density at radius 2 is 1.39 bits per heavy atom. The molecule has 2 N–H and O–H groups in total. The van der Waals surface area contributed by atoms with Crippen LogP contribution in [-0.2, 0) is 30.2 Å². The van der Waals surface area contributed by atoms with Crippen LogP contribution in [0.15, 0.2) is 24.3 Å². The Bertz CT molecular complexity index is 548. The third-order valence-corrected chi connectivity index (χ3v) is 3.79. The summed E-state index contributed by atoms with van der Waals surface area (Å²) in [7, 11) is 0. The van der Waals surface area contributed by atoms with Gasteiger partial charge in [-0.3, -0.25) is 9.59 Å². The van der Waals surface area contributed by atoms with Crippen LogP contribution in [0.25, 0.3) is 0 Å². The molecular formula is C21H34N2O5. The molecule has 1 aromatic rings. The van der Waals surface area contributed by atoms with Crippen LogP contribution in [0, 0.1) is 0 Å². The molecule has 0 spiro atoms. The number of hydrogen-bond donors (Lipinski definition) is 2. The minimum Gasteiger partial charge on any atom is -0.379 e. The van der Waals surface area contributed by atoms with Gasteiger partial charge in [-0.1, -0.05) is 32.4 Å². The van der Waals surface area contributed by atoms with E-state index in [0.29, 0.717) is 33.0 Å². The van der Waals surface area contributed by atoms with Crippen LogP contribution in [0.3, 0.4) is 0 Å². The van der Waals surface area contributed by atoms with E-state index < -0.39 is 0 Å². The Kier molecular flexibility index (Phi) is 13.8. The zero-order chi connectivity index (χ0) is 20.5. The Hall–Kier alpha value is -1.96. The summed E-state index contributed by atoms with van der Waals surface area (Å²) in [5.74, 6) is -0.474. The molecule has 0 saturated carbocycles. The Morgan fingerprint density at radius 1 is 0.786 bits per heavy atom. The SMILES string of the molecule is CCCOCCOCCOCCC(=O)NCC(=O)Nc1ccc(CCC)cc1. The van der Waals surface area contributed by atoms with Crippen molar-refractivity contribution in [3.63, 3.8) is 0 Å². The van der Waals surface area contributed by atoms with Crippen molar-refractivity contribution in [3.05, 3.63) is 29.8 Å². The molecule has 2 amide bonds. The Morgan fingerprint density at radius 3 is 2.00 bits per heavy atom. The van der Waals surface area contributed by atoms with Gasteiger partial charge in [0.25, 0.3) is 0 Å². The maximum atomic E-state index is 11.9. The maximum absolute atomic E-state index is 11.9. The number of nitrogens with one attached hydrogen (secondary N) is 2. The van der Waals surface area contributed by atoms with Gasteiger partial charge in [0.05, 0.1) is 39.6 Å². The second kappa shape index (κ2) is 16.0. The normalized spacial score (nSPS) is 10.6. The number of hydrogen-bond acceptors (Lipinski definition) is 5. The number of ether oxygens (including phenoxy) is 3. The lowest BCUT2D eigenvalue weighted by Crippen LogP contribution is -2.33. The van der Waals surface area contributed by atoms with Crippen LogP contribution < -0.4 is 10.6 Å². The molecule has 0 aromatic heterocycles.